The molecule has 2 aliphatic rings. The van der Waals surface area contributed by atoms with E-state index in [1.807, 2.05) is 62.1 Å². The summed E-state index contributed by atoms with van der Waals surface area (Å²) in [4.78, 5) is 29.3. The van der Waals surface area contributed by atoms with Crippen molar-refractivity contribution in [1.29, 1.82) is 0 Å². The molecule has 1 saturated heterocycles. The summed E-state index contributed by atoms with van der Waals surface area (Å²) >= 11 is 0. The van der Waals surface area contributed by atoms with Crippen molar-refractivity contribution >= 4 is 17.4 Å². The van der Waals surface area contributed by atoms with Gasteiger partial charge in [-0.1, -0.05) is 43.7 Å². The Morgan fingerprint density at radius 1 is 1.06 bits per heavy atom. The van der Waals surface area contributed by atoms with Gasteiger partial charge in [-0.25, -0.2) is 0 Å². The highest BCUT2D eigenvalue weighted by molar-refractivity contribution is 6.00. The Morgan fingerprint density at radius 2 is 1.81 bits per heavy atom. The number of benzene rings is 2. The summed E-state index contributed by atoms with van der Waals surface area (Å²) in [6.45, 7) is 8.30. The fourth-order valence-electron chi connectivity index (χ4n) is 4.71. The summed E-state index contributed by atoms with van der Waals surface area (Å²) in [7, 11) is 0. The lowest BCUT2D eigenvalue weighted by atomic mass is 9.84. The van der Waals surface area contributed by atoms with Crippen molar-refractivity contribution in [3.63, 3.8) is 0 Å². The molecule has 1 fully saturated rings. The normalized spacial score (nSPS) is 18.3. The van der Waals surface area contributed by atoms with Crippen LogP contribution in [-0.2, 0) is 16.8 Å². The van der Waals surface area contributed by atoms with Crippen molar-refractivity contribution in [3.05, 3.63) is 64.7 Å². The number of fused-ring (bicyclic) bond motifs is 1. The van der Waals surface area contributed by atoms with Crippen LogP contribution in [0, 0.1) is 12.8 Å². The molecule has 5 heteroatoms. The maximum absolute atomic E-state index is 12.9. The molecule has 2 heterocycles. The number of hydrogen-bond donors (Lipinski definition) is 1. The fraction of sp³-hybridized carbons (Fsp3) is 0.462. The second kappa shape index (κ2) is 8.56. The molecule has 0 spiro atoms. The van der Waals surface area contributed by atoms with Crippen LogP contribution in [0.15, 0.2) is 42.5 Å². The largest absolute Gasteiger partial charge is 0.385 e. The molecule has 2 aliphatic heterocycles. The summed E-state index contributed by atoms with van der Waals surface area (Å²) in [5.74, 6) is 0.189. The van der Waals surface area contributed by atoms with E-state index < -0.39 is 5.60 Å². The molecule has 164 valence electrons. The quantitative estimate of drug-likeness (QED) is 0.749. The SMILES string of the molecule is Cc1cccc(C2(O)CCN(CC(=O)c3ccc4c(c3)CCN4C(=O)C(C)C)CC2)c1. The number of amides is 1. The molecular formula is C26H32N2O3. The molecule has 0 aliphatic carbocycles. The number of aliphatic hydroxyl groups is 1. The maximum Gasteiger partial charge on any atom is 0.229 e. The maximum atomic E-state index is 12.9. The van der Waals surface area contributed by atoms with Gasteiger partial charge in [0.05, 0.1) is 12.1 Å². The van der Waals surface area contributed by atoms with E-state index in [0.29, 0.717) is 44.6 Å². The Balaban J connectivity index is 1.38. The van der Waals surface area contributed by atoms with Crippen LogP contribution in [0.25, 0.3) is 0 Å². The number of Topliss-reactive ketones (excluding diaryl/α,β-unsaturated/α-hetero) is 1. The van der Waals surface area contributed by atoms with E-state index in [-0.39, 0.29) is 17.6 Å². The van der Waals surface area contributed by atoms with E-state index in [1.165, 1.54) is 0 Å². The monoisotopic (exact) mass is 420 g/mol. The zero-order chi connectivity index (χ0) is 22.2. The first kappa shape index (κ1) is 21.7. The average molecular weight is 421 g/mol. The number of piperidine rings is 1. The van der Waals surface area contributed by atoms with Gasteiger partial charge in [-0.05, 0) is 55.5 Å². The van der Waals surface area contributed by atoms with Gasteiger partial charge in [0, 0.05) is 36.8 Å². The van der Waals surface area contributed by atoms with Crippen molar-refractivity contribution in [1.82, 2.24) is 4.90 Å². The average Bonchev–Trinajstić information content (AvgIpc) is 3.18. The van der Waals surface area contributed by atoms with Gasteiger partial charge in [-0.15, -0.1) is 0 Å². The molecule has 0 unspecified atom stereocenters. The molecule has 0 saturated carbocycles. The molecule has 1 N–H and O–H groups in total. The molecule has 0 bridgehead atoms. The van der Waals surface area contributed by atoms with Crippen LogP contribution in [0.5, 0.6) is 0 Å². The Kier molecular flexibility index (Phi) is 6.00. The highest BCUT2D eigenvalue weighted by atomic mass is 16.3. The third-order valence-electron chi connectivity index (χ3n) is 6.66. The Labute approximate surface area is 184 Å². The van der Waals surface area contributed by atoms with Crippen LogP contribution >= 0.6 is 0 Å². The van der Waals surface area contributed by atoms with Crippen molar-refractivity contribution < 1.29 is 14.7 Å². The van der Waals surface area contributed by atoms with Crippen molar-refractivity contribution in [2.75, 3.05) is 31.1 Å². The predicted molar refractivity (Wildman–Crippen MR) is 122 cm³/mol. The topological polar surface area (TPSA) is 60.9 Å². The molecule has 2 aromatic carbocycles. The van der Waals surface area contributed by atoms with Gasteiger partial charge in [0.15, 0.2) is 5.78 Å². The van der Waals surface area contributed by atoms with Crippen LogP contribution in [0.4, 0.5) is 5.69 Å². The summed E-state index contributed by atoms with van der Waals surface area (Å²) in [5.41, 5.74) is 4.03. The van der Waals surface area contributed by atoms with Gasteiger partial charge < -0.3 is 10.0 Å². The lowest BCUT2D eigenvalue weighted by molar-refractivity contribution is -0.121. The van der Waals surface area contributed by atoms with Gasteiger partial charge in [-0.3, -0.25) is 14.5 Å². The molecule has 1 amide bonds. The third-order valence-corrected chi connectivity index (χ3v) is 6.66. The van der Waals surface area contributed by atoms with Crippen molar-refractivity contribution in [2.45, 2.75) is 45.6 Å². The zero-order valence-corrected chi connectivity index (χ0v) is 18.7. The van der Waals surface area contributed by atoms with Crippen LogP contribution in [-0.4, -0.2) is 47.9 Å². The van der Waals surface area contributed by atoms with Gasteiger partial charge in [-0.2, -0.15) is 0 Å². The smallest absolute Gasteiger partial charge is 0.229 e. The first-order chi connectivity index (χ1) is 14.8. The highest BCUT2D eigenvalue weighted by Gasteiger charge is 2.34. The van der Waals surface area contributed by atoms with Gasteiger partial charge in [0.1, 0.15) is 0 Å². The van der Waals surface area contributed by atoms with E-state index in [2.05, 4.69) is 11.0 Å². The summed E-state index contributed by atoms with van der Waals surface area (Å²) in [5, 5.41) is 11.1. The Bertz CT molecular complexity index is 990. The lowest BCUT2D eigenvalue weighted by Crippen LogP contribution is -2.44. The molecule has 0 aromatic heterocycles. The predicted octanol–water partition coefficient (Wildman–Crippen LogP) is 3.71. The number of nitrogens with zero attached hydrogens (tertiary/aromatic N) is 2. The number of ketones is 1. The Morgan fingerprint density at radius 3 is 2.48 bits per heavy atom. The first-order valence-corrected chi connectivity index (χ1v) is 11.3. The number of anilines is 1. The zero-order valence-electron chi connectivity index (χ0n) is 18.7. The number of rotatable bonds is 5. The molecule has 5 nitrogen and oxygen atoms in total. The third kappa shape index (κ3) is 4.43. The van der Waals surface area contributed by atoms with Crippen LogP contribution in [0.3, 0.4) is 0 Å². The number of carbonyl (C=O) groups is 2. The van der Waals surface area contributed by atoms with Crippen molar-refractivity contribution in [2.24, 2.45) is 5.92 Å². The molecule has 0 atom stereocenters. The van der Waals surface area contributed by atoms with Crippen molar-refractivity contribution in [3.8, 4) is 0 Å². The first-order valence-electron chi connectivity index (χ1n) is 11.3. The molecule has 4 rings (SSSR count). The van der Waals surface area contributed by atoms with E-state index in [1.54, 1.807) is 0 Å². The molecular weight excluding hydrogens is 388 g/mol. The molecule has 2 aromatic rings. The summed E-state index contributed by atoms with van der Waals surface area (Å²) < 4.78 is 0. The molecule has 31 heavy (non-hydrogen) atoms. The van der Waals surface area contributed by atoms with Crippen LogP contribution < -0.4 is 4.90 Å². The van der Waals surface area contributed by atoms with Gasteiger partial charge in [0.2, 0.25) is 5.91 Å². The van der Waals surface area contributed by atoms with E-state index in [9.17, 15) is 14.7 Å². The summed E-state index contributed by atoms with van der Waals surface area (Å²) in [6, 6.07) is 13.8. The standard InChI is InChI=1S/C26H32N2O3/c1-18(2)25(30)28-12-9-20-16-21(7-8-23(20)28)24(29)17-27-13-10-26(31,11-14-27)22-6-4-5-19(3)15-22/h4-8,15-16,18,31H,9-14,17H2,1-3H3. The minimum Gasteiger partial charge on any atom is -0.385 e. The number of hydrogen-bond acceptors (Lipinski definition) is 4. The minimum atomic E-state index is -0.814. The highest BCUT2D eigenvalue weighted by Crippen LogP contribution is 2.34. The van der Waals surface area contributed by atoms with Gasteiger partial charge >= 0.3 is 0 Å². The van der Waals surface area contributed by atoms with E-state index >= 15 is 0 Å². The minimum absolute atomic E-state index is 0.0372. The second-order valence-electron chi connectivity index (χ2n) is 9.34. The second-order valence-corrected chi connectivity index (χ2v) is 9.34. The number of likely N-dealkylation sites (tertiary alicyclic amines) is 1. The summed E-state index contributed by atoms with van der Waals surface area (Å²) in [6.07, 6.45) is 2.04. The number of carbonyl (C=O) groups excluding carboxylic acids is 2. The Hall–Kier alpha value is -2.50. The lowest BCUT2D eigenvalue weighted by Gasteiger charge is -2.38. The van der Waals surface area contributed by atoms with Crippen LogP contribution in [0.2, 0.25) is 0 Å². The van der Waals surface area contributed by atoms with E-state index in [0.717, 1.165) is 28.8 Å². The molecule has 0 radical (unpaired) electrons. The van der Waals surface area contributed by atoms with Gasteiger partial charge in [0.25, 0.3) is 0 Å². The fourth-order valence-corrected chi connectivity index (χ4v) is 4.71. The number of aryl methyl sites for hydroxylation is 1. The van der Waals surface area contributed by atoms with Crippen LogP contribution in [0.1, 0.15) is 53.7 Å². The van der Waals surface area contributed by atoms with E-state index in [4.69, 9.17) is 0 Å².